The summed E-state index contributed by atoms with van der Waals surface area (Å²) in [5, 5.41) is 0. The van der Waals surface area contributed by atoms with E-state index in [1.807, 2.05) is 0 Å². The Morgan fingerprint density at radius 2 is 1.86 bits per heavy atom. The molecule has 76 valence electrons. The summed E-state index contributed by atoms with van der Waals surface area (Å²) in [6.45, 7) is 2.36. The van der Waals surface area contributed by atoms with Gasteiger partial charge in [0.05, 0.1) is 0 Å². The molecule has 4 aliphatic rings. The number of fused-ring (bicyclic) bond motifs is 4. The van der Waals surface area contributed by atoms with Crippen molar-refractivity contribution >= 4 is 0 Å². The summed E-state index contributed by atoms with van der Waals surface area (Å²) < 4.78 is 0. The second-order valence-electron chi connectivity index (χ2n) is 6.13. The van der Waals surface area contributed by atoms with E-state index in [1.54, 1.807) is 12.8 Å². The maximum absolute atomic E-state index is 2.54. The van der Waals surface area contributed by atoms with Gasteiger partial charge in [-0.05, 0) is 54.3 Å². The van der Waals surface area contributed by atoms with Crippen molar-refractivity contribution in [2.24, 2.45) is 41.4 Å². The Labute approximate surface area is 86.8 Å². The van der Waals surface area contributed by atoms with E-state index in [0.717, 1.165) is 35.5 Å². The molecule has 0 nitrogen and oxygen atoms in total. The van der Waals surface area contributed by atoms with Crippen molar-refractivity contribution in [1.29, 1.82) is 0 Å². The first-order valence-electron chi connectivity index (χ1n) is 6.58. The Balaban J connectivity index is 1.67. The molecule has 0 aromatic carbocycles. The van der Waals surface area contributed by atoms with Crippen molar-refractivity contribution in [1.82, 2.24) is 0 Å². The predicted octanol–water partition coefficient (Wildman–Crippen LogP) is 3.49. The molecule has 0 N–H and O–H groups in total. The van der Waals surface area contributed by atoms with Gasteiger partial charge in [0.1, 0.15) is 0 Å². The molecule has 7 unspecified atom stereocenters. The fourth-order valence-electron chi connectivity index (χ4n) is 5.39. The average Bonchev–Trinajstić information content (AvgIpc) is 2.41. The molecule has 0 amide bonds. The molecule has 3 fully saturated rings. The van der Waals surface area contributed by atoms with Crippen LogP contribution in [0.5, 0.6) is 0 Å². The van der Waals surface area contributed by atoms with E-state index in [-0.39, 0.29) is 0 Å². The monoisotopic (exact) mass is 188 g/mol. The van der Waals surface area contributed by atoms with Crippen LogP contribution in [0.2, 0.25) is 0 Å². The molecule has 0 aromatic heterocycles. The van der Waals surface area contributed by atoms with Gasteiger partial charge in [-0.15, -0.1) is 0 Å². The zero-order valence-corrected chi connectivity index (χ0v) is 9.02. The van der Waals surface area contributed by atoms with Crippen molar-refractivity contribution < 1.29 is 0 Å². The average molecular weight is 188 g/mol. The van der Waals surface area contributed by atoms with E-state index >= 15 is 0 Å². The highest BCUT2D eigenvalue weighted by Crippen LogP contribution is 2.70. The minimum atomic E-state index is 1.03. The van der Waals surface area contributed by atoms with Gasteiger partial charge < -0.3 is 0 Å². The lowest BCUT2D eigenvalue weighted by atomic mass is 9.48. The molecular weight excluding hydrogens is 168 g/mol. The maximum Gasteiger partial charge on any atom is -0.0134 e. The van der Waals surface area contributed by atoms with Crippen LogP contribution in [-0.4, -0.2) is 0 Å². The molecular formula is C14H20. The minimum Gasteiger partial charge on any atom is -0.0842 e. The van der Waals surface area contributed by atoms with E-state index in [1.165, 1.54) is 18.8 Å². The van der Waals surface area contributed by atoms with Gasteiger partial charge in [-0.3, -0.25) is 0 Å². The molecule has 0 spiro atoms. The third-order valence-corrected chi connectivity index (χ3v) is 5.85. The zero-order chi connectivity index (χ0) is 9.28. The third-order valence-electron chi connectivity index (χ3n) is 5.85. The first-order valence-corrected chi connectivity index (χ1v) is 6.58. The molecule has 0 radical (unpaired) electrons. The molecule has 14 heavy (non-hydrogen) atoms. The molecule has 0 aliphatic heterocycles. The van der Waals surface area contributed by atoms with Crippen molar-refractivity contribution in [3.8, 4) is 0 Å². The Hall–Kier alpha value is -0.260. The summed E-state index contributed by atoms with van der Waals surface area (Å²) in [5.41, 5.74) is 0. The van der Waals surface area contributed by atoms with Gasteiger partial charge in [0.15, 0.2) is 0 Å². The molecule has 3 saturated carbocycles. The second kappa shape index (κ2) is 2.46. The van der Waals surface area contributed by atoms with Crippen LogP contribution in [-0.2, 0) is 0 Å². The van der Waals surface area contributed by atoms with Gasteiger partial charge in [-0.1, -0.05) is 31.9 Å². The van der Waals surface area contributed by atoms with Gasteiger partial charge in [-0.2, -0.15) is 0 Å². The first kappa shape index (κ1) is 7.96. The van der Waals surface area contributed by atoms with Crippen LogP contribution in [0.1, 0.15) is 32.6 Å². The molecule has 7 atom stereocenters. The maximum atomic E-state index is 2.54. The van der Waals surface area contributed by atoms with E-state index in [9.17, 15) is 0 Å². The van der Waals surface area contributed by atoms with Crippen LogP contribution in [0, 0.1) is 41.4 Å². The van der Waals surface area contributed by atoms with Crippen molar-refractivity contribution in [3.63, 3.8) is 0 Å². The third kappa shape index (κ3) is 0.708. The number of hydrogen-bond acceptors (Lipinski definition) is 0. The summed E-state index contributed by atoms with van der Waals surface area (Å²) >= 11 is 0. The van der Waals surface area contributed by atoms with Gasteiger partial charge in [-0.25, -0.2) is 0 Å². The predicted molar refractivity (Wildman–Crippen MR) is 57.7 cm³/mol. The fraction of sp³-hybridized carbons (Fsp3) is 0.857. The molecule has 2 bridgehead atoms. The van der Waals surface area contributed by atoms with Crippen LogP contribution in [0.15, 0.2) is 12.2 Å². The highest BCUT2D eigenvalue weighted by atomic mass is 14.7. The normalized spacial score (nSPS) is 61.6. The van der Waals surface area contributed by atoms with Crippen LogP contribution < -0.4 is 0 Å². The minimum absolute atomic E-state index is 1.03. The largest absolute Gasteiger partial charge is 0.0842 e. The van der Waals surface area contributed by atoms with Crippen LogP contribution in [0.3, 0.4) is 0 Å². The molecule has 0 saturated heterocycles. The van der Waals surface area contributed by atoms with Crippen LogP contribution >= 0.6 is 0 Å². The molecule has 0 aromatic rings. The van der Waals surface area contributed by atoms with E-state index < -0.39 is 0 Å². The first-order chi connectivity index (χ1) is 6.90. The van der Waals surface area contributed by atoms with Crippen LogP contribution in [0.4, 0.5) is 0 Å². The lowest BCUT2D eigenvalue weighted by Crippen LogP contribution is -2.51. The highest BCUT2D eigenvalue weighted by Gasteiger charge is 2.63. The van der Waals surface area contributed by atoms with Gasteiger partial charge in [0.25, 0.3) is 0 Å². The molecule has 4 rings (SSSR count). The standard InChI is InChI=1S/C14H20/c1-2-3-10-12-6-8-7-13(12)14(10)11-5-4-9(8)11/h4-5,8-14H,2-3,6-7H2,1H3. The summed E-state index contributed by atoms with van der Waals surface area (Å²) in [5.74, 6) is 7.78. The van der Waals surface area contributed by atoms with Gasteiger partial charge in [0.2, 0.25) is 0 Å². The Morgan fingerprint density at radius 3 is 2.57 bits per heavy atom. The lowest BCUT2D eigenvalue weighted by Gasteiger charge is -2.56. The summed E-state index contributed by atoms with van der Waals surface area (Å²) in [4.78, 5) is 0. The van der Waals surface area contributed by atoms with Gasteiger partial charge in [0, 0.05) is 0 Å². The van der Waals surface area contributed by atoms with Crippen molar-refractivity contribution in [2.45, 2.75) is 32.6 Å². The fourth-order valence-corrected chi connectivity index (χ4v) is 5.39. The second-order valence-corrected chi connectivity index (χ2v) is 6.13. The zero-order valence-electron chi connectivity index (χ0n) is 9.02. The Bertz CT molecular complexity index is 290. The summed E-state index contributed by atoms with van der Waals surface area (Å²) in [6, 6.07) is 0. The lowest BCUT2D eigenvalue weighted by molar-refractivity contribution is -0.0557. The molecule has 0 heteroatoms. The quantitative estimate of drug-likeness (QED) is 0.582. The van der Waals surface area contributed by atoms with Gasteiger partial charge >= 0.3 is 0 Å². The number of hydrogen-bond donors (Lipinski definition) is 0. The number of rotatable bonds is 2. The molecule has 0 heterocycles. The van der Waals surface area contributed by atoms with E-state index in [0.29, 0.717) is 0 Å². The summed E-state index contributed by atoms with van der Waals surface area (Å²) in [6.07, 6.45) is 11.2. The Morgan fingerprint density at radius 1 is 1.07 bits per heavy atom. The van der Waals surface area contributed by atoms with Crippen LogP contribution in [0.25, 0.3) is 0 Å². The molecule has 4 aliphatic carbocycles. The topological polar surface area (TPSA) is 0 Å². The highest BCUT2D eigenvalue weighted by molar-refractivity contribution is 5.24. The Kier molecular flexibility index (Phi) is 1.40. The summed E-state index contributed by atoms with van der Waals surface area (Å²) in [7, 11) is 0. The van der Waals surface area contributed by atoms with Crippen molar-refractivity contribution in [2.75, 3.05) is 0 Å². The van der Waals surface area contributed by atoms with E-state index in [2.05, 4.69) is 19.1 Å². The van der Waals surface area contributed by atoms with Crippen molar-refractivity contribution in [3.05, 3.63) is 12.2 Å². The SMILES string of the molecule is CCCC1C2CC3CC2C1C1C=CC31. The number of allylic oxidation sites excluding steroid dienone is 2. The van der Waals surface area contributed by atoms with E-state index in [4.69, 9.17) is 0 Å². The smallest absolute Gasteiger partial charge is 0.0134 e.